The van der Waals surface area contributed by atoms with Crippen molar-refractivity contribution < 1.29 is 19.0 Å². The van der Waals surface area contributed by atoms with Crippen molar-refractivity contribution in [1.29, 1.82) is 0 Å². The van der Waals surface area contributed by atoms with Gasteiger partial charge in [0.2, 0.25) is 0 Å². The highest BCUT2D eigenvalue weighted by Gasteiger charge is 2.27. The van der Waals surface area contributed by atoms with Crippen molar-refractivity contribution in [3.05, 3.63) is 94.8 Å². The largest absolute Gasteiger partial charge is 0.457 e. The van der Waals surface area contributed by atoms with E-state index in [1.165, 1.54) is 24.3 Å². The van der Waals surface area contributed by atoms with E-state index in [4.69, 9.17) is 19.2 Å². The predicted molar refractivity (Wildman–Crippen MR) is 166 cm³/mol. The third-order valence-corrected chi connectivity index (χ3v) is 7.24. The lowest BCUT2D eigenvalue weighted by atomic mass is 10.1. The summed E-state index contributed by atoms with van der Waals surface area (Å²) in [5.74, 6) is 3.12. The molecule has 3 aromatic carbocycles. The first-order chi connectivity index (χ1) is 21.3. The molecule has 0 unspecified atom stereocenters. The van der Waals surface area contributed by atoms with Gasteiger partial charge < -0.3 is 24.4 Å². The highest BCUT2D eigenvalue weighted by atomic mass is 16.6. The summed E-state index contributed by atoms with van der Waals surface area (Å²) in [4.78, 5) is 37.0. The van der Waals surface area contributed by atoms with E-state index in [9.17, 15) is 14.9 Å². The number of nitrogens with one attached hydrogen (secondary N) is 1. The Balaban J connectivity index is 1.25. The summed E-state index contributed by atoms with van der Waals surface area (Å²) in [5.41, 5.74) is 2.29. The van der Waals surface area contributed by atoms with Crippen molar-refractivity contribution in [3.8, 4) is 22.8 Å². The number of fused-ring (bicyclic) bond motifs is 1. The number of nitro groups is 1. The average molecular weight is 594 g/mol. The second-order valence-electron chi connectivity index (χ2n) is 10.9. The van der Waals surface area contributed by atoms with Gasteiger partial charge in [-0.3, -0.25) is 10.1 Å². The molecule has 1 aliphatic rings. The molecular formula is C32H31N7O5. The second kappa shape index (κ2) is 12.4. The predicted octanol–water partition coefficient (Wildman–Crippen LogP) is 6.54. The summed E-state index contributed by atoms with van der Waals surface area (Å²) in [5, 5.41) is 18.9. The van der Waals surface area contributed by atoms with E-state index >= 15 is 0 Å². The average Bonchev–Trinajstić information content (AvgIpc) is 3.45. The Kier molecular flexibility index (Phi) is 8.04. The molecule has 12 nitrogen and oxygen atoms in total. The number of rotatable bonds is 8. The molecule has 2 amide bonds. The lowest BCUT2D eigenvalue weighted by Gasteiger charge is -2.35. The fourth-order valence-electron chi connectivity index (χ4n) is 5.08. The second-order valence-corrected chi connectivity index (χ2v) is 10.9. The molecular weight excluding hydrogens is 562 g/mol. The van der Waals surface area contributed by atoms with Crippen LogP contribution < -0.4 is 15.0 Å². The number of ether oxygens (including phenoxy) is 1. The van der Waals surface area contributed by atoms with Gasteiger partial charge in [-0.15, -0.1) is 0 Å². The molecule has 0 aliphatic carbocycles. The van der Waals surface area contributed by atoms with Gasteiger partial charge in [-0.1, -0.05) is 49.3 Å². The Morgan fingerprint density at radius 1 is 0.977 bits per heavy atom. The lowest BCUT2D eigenvalue weighted by molar-refractivity contribution is -0.384. The molecule has 1 fully saturated rings. The maximum atomic E-state index is 13.0. The number of amides is 2. The normalized spacial score (nSPS) is 13.3. The highest BCUT2D eigenvalue weighted by Crippen LogP contribution is 2.36. The first-order valence-electron chi connectivity index (χ1n) is 14.4. The van der Waals surface area contributed by atoms with Crippen molar-refractivity contribution in [2.45, 2.75) is 20.3 Å². The van der Waals surface area contributed by atoms with Crippen LogP contribution in [0.2, 0.25) is 0 Å². The molecule has 0 spiro atoms. The molecule has 2 aromatic heterocycles. The molecule has 6 rings (SSSR count). The molecule has 0 radical (unpaired) electrons. The van der Waals surface area contributed by atoms with Crippen molar-refractivity contribution >= 4 is 34.3 Å². The van der Waals surface area contributed by atoms with Gasteiger partial charge in [-0.05, 0) is 42.3 Å². The van der Waals surface area contributed by atoms with Crippen LogP contribution in [0.15, 0.2) is 83.4 Å². The number of hydrogen-bond acceptors (Lipinski definition) is 9. The molecule has 1 N–H and O–H groups in total. The maximum Gasteiger partial charge on any atom is 0.321 e. The van der Waals surface area contributed by atoms with Crippen molar-refractivity contribution in [2.75, 3.05) is 36.4 Å². The minimum absolute atomic E-state index is 0.0341. The molecule has 1 saturated heterocycles. The Hall–Kier alpha value is -5.52. The molecule has 12 heteroatoms. The van der Waals surface area contributed by atoms with Gasteiger partial charge >= 0.3 is 6.03 Å². The van der Waals surface area contributed by atoms with Crippen LogP contribution in [-0.4, -0.2) is 57.2 Å². The van der Waals surface area contributed by atoms with Crippen molar-refractivity contribution in [2.24, 2.45) is 5.92 Å². The van der Waals surface area contributed by atoms with Crippen LogP contribution in [0.4, 0.5) is 22.0 Å². The third kappa shape index (κ3) is 6.28. The van der Waals surface area contributed by atoms with Crippen LogP contribution in [0, 0.1) is 16.0 Å². The first-order valence-corrected chi connectivity index (χ1v) is 14.4. The van der Waals surface area contributed by atoms with Crippen LogP contribution in [0.3, 0.4) is 0 Å². The SMILES string of the molecule is CC(C)Cc1nc(N2CCN(C(=O)Nc3ccc([N+](=O)[O-])cc3)CC2)c2c(-c3cccc(Oc4ccccc4)c3)noc2n1. The minimum Gasteiger partial charge on any atom is -0.457 e. The number of urea groups is 1. The van der Waals surface area contributed by atoms with Gasteiger partial charge in [0.15, 0.2) is 0 Å². The van der Waals surface area contributed by atoms with Crippen LogP contribution in [-0.2, 0) is 6.42 Å². The molecule has 44 heavy (non-hydrogen) atoms. The van der Waals surface area contributed by atoms with E-state index < -0.39 is 4.92 Å². The highest BCUT2D eigenvalue weighted by molar-refractivity contribution is 5.98. The number of benzene rings is 3. The molecule has 0 bridgehead atoms. The van der Waals surface area contributed by atoms with Gasteiger partial charge in [0.05, 0.1) is 4.92 Å². The Bertz CT molecular complexity index is 1780. The van der Waals surface area contributed by atoms with Crippen molar-refractivity contribution in [1.82, 2.24) is 20.0 Å². The molecule has 0 atom stereocenters. The van der Waals surface area contributed by atoms with E-state index in [0.29, 0.717) is 78.4 Å². The zero-order chi connectivity index (χ0) is 30.6. The molecule has 0 saturated carbocycles. The van der Waals surface area contributed by atoms with E-state index in [-0.39, 0.29) is 11.7 Å². The number of nitro benzene ring substituents is 1. The number of nitrogens with zero attached hydrogens (tertiary/aromatic N) is 6. The Morgan fingerprint density at radius 3 is 2.41 bits per heavy atom. The summed E-state index contributed by atoms with van der Waals surface area (Å²) >= 11 is 0. The number of piperazine rings is 1. The monoisotopic (exact) mass is 593 g/mol. The molecule has 3 heterocycles. The van der Waals surface area contributed by atoms with Gasteiger partial charge in [0.1, 0.15) is 34.2 Å². The van der Waals surface area contributed by atoms with Crippen LogP contribution in [0.5, 0.6) is 11.5 Å². The van der Waals surface area contributed by atoms with Gasteiger partial charge in [-0.25, -0.2) is 9.78 Å². The number of hydrogen-bond donors (Lipinski definition) is 1. The number of anilines is 2. The fourth-order valence-corrected chi connectivity index (χ4v) is 5.08. The quantitative estimate of drug-likeness (QED) is 0.157. The van der Waals surface area contributed by atoms with Gasteiger partial charge in [0.25, 0.3) is 11.4 Å². The van der Waals surface area contributed by atoms with Gasteiger partial charge in [-0.2, -0.15) is 4.98 Å². The fraction of sp³-hybridized carbons (Fsp3) is 0.250. The third-order valence-electron chi connectivity index (χ3n) is 7.24. The summed E-state index contributed by atoms with van der Waals surface area (Å²) in [6.07, 6.45) is 0.678. The maximum absolute atomic E-state index is 13.0. The summed E-state index contributed by atoms with van der Waals surface area (Å²) < 4.78 is 11.8. The molecule has 5 aromatic rings. The standard InChI is InChI=1S/C32H31N7O5/c1-21(2)19-27-34-30(37-15-17-38(18-16-37)32(40)33-23-11-13-24(14-12-23)39(41)42)28-29(36-44-31(28)35-27)22-7-6-10-26(20-22)43-25-8-4-3-5-9-25/h3-14,20-21H,15-19H2,1-2H3,(H,33,40). The lowest BCUT2D eigenvalue weighted by Crippen LogP contribution is -2.50. The van der Waals surface area contributed by atoms with E-state index in [2.05, 4.69) is 29.2 Å². The number of carbonyl (C=O) groups excluding carboxylic acids is 1. The van der Waals surface area contributed by atoms with Crippen molar-refractivity contribution in [3.63, 3.8) is 0 Å². The topological polar surface area (TPSA) is 140 Å². The molecule has 1 aliphatic heterocycles. The summed E-state index contributed by atoms with van der Waals surface area (Å²) in [6.45, 7) is 6.18. The zero-order valence-corrected chi connectivity index (χ0v) is 24.3. The number of para-hydroxylation sites is 1. The van der Waals surface area contributed by atoms with Crippen LogP contribution in [0.1, 0.15) is 19.7 Å². The summed E-state index contributed by atoms with van der Waals surface area (Å²) in [7, 11) is 0. The Morgan fingerprint density at radius 2 is 1.70 bits per heavy atom. The number of carbonyl (C=O) groups is 1. The van der Waals surface area contributed by atoms with Gasteiger partial charge in [0, 0.05) is 56.0 Å². The Labute approximate surface area is 253 Å². The van der Waals surface area contributed by atoms with E-state index in [1.54, 1.807) is 4.90 Å². The molecule has 224 valence electrons. The van der Waals surface area contributed by atoms with Crippen LogP contribution in [0.25, 0.3) is 22.4 Å². The van der Waals surface area contributed by atoms with E-state index in [0.717, 1.165) is 11.3 Å². The number of non-ortho nitro benzene ring substituents is 1. The zero-order valence-electron chi connectivity index (χ0n) is 24.3. The van der Waals surface area contributed by atoms with E-state index in [1.807, 2.05) is 54.6 Å². The smallest absolute Gasteiger partial charge is 0.321 e. The number of aromatic nitrogens is 3. The van der Waals surface area contributed by atoms with Crippen LogP contribution >= 0.6 is 0 Å². The summed E-state index contributed by atoms with van der Waals surface area (Å²) in [6, 6.07) is 22.7. The minimum atomic E-state index is -0.475. The first kappa shape index (κ1) is 28.6.